The van der Waals surface area contributed by atoms with Gasteiger partial charge in [0.15, 0.2) is 0 Å². The highest BCUT2D eigenvalue weighted by atomic mass is 16.5. The van der Waals surface area contributed by atoms with E-state index in [1.807, 2.05) is 18.2 Å². The first-order valence-electron chi connectivity index (χ1n) is 6.93. The SMILES string of the molecule is COCCNC(=O)NC[C@@]1(O)CCc2ccccc2C1. The number of benzene rings is 1. The fraction of sp³-hybridized carbons (Fsp3) is 0.533. The fourth-order valence-electron chi connectivity index (χ4n) is 2.51. The lowest BCUT2D eigenvalue weighted by Crippen LogP contribution is -2.49. The number of amides is 2. The summed E-state index contributed by atoms with van der Waals surface area (Å²) < 4.78 is 4.85. The number of aliphatic hydroxyl groups is 1. The van der Waals surface area contributed by atoms with Gasteiger partial charge >= 0.3 is 6.03 Å². The van der Waals surface area contributed by atoms with Crippen molar-refractivity contribution in [3.8, 4) is 0 Å². The predicted molar refractivity (Wildman–Crippen MR) is 76.7 cm³/mol. The molecule has 110 valence electrons. The van der Waals surface area contributed by atoms with Crippen molar-refractivity contribution in [2.24, 2.45) is 0 Å². The van der Waals surface area contributed by atoms with Gasteiger partial charge in [0.25, 0.3) is 0 Å². The van der Waals surface area contributed by atoms with Crippen LogP contribution in [0.4, 0.5) is 4.79 Å². The second-order valence-corrected chi connectivity index (χ2v) is 5.27. The van der Waals surface area contributed by atoms with Gasteiger partial charge < -0.3 is 20.5 Å². The molecule has 1 aliphatic carbocycles. The van der Waals surface area contributed by atoms with E-state index >= 15 is 0 Å². The minimum absolute atomic E-state index is 0.264. The molecule has 0 aromatic heterocycles. The number of nitrogens with one attached hydrogen (secondary N) is 2. The van der Waals surface area contributed by atoms with Crippen LogP contribution in [0.3, 0.4) is 0 Å². The molecular formula is C15H22N2O3. The number of aryl methyl sites for hydroxylation is 1. The molecule has 3 N–H and O–H groups in total. The molecule has 1 aromatic rings. The van der Waals surface area contributed by atoms with Gasteiger partial charge in [0, 0.05) is 26.6 Å². The predicted octanol–water partition coefficient (Wildman–Crippen LogP) is 0.852. The molecule has 0 aliphatic heterocycles. The van der Waals surface area contributed by atoms with Crippen LogP contribution in [-0.4, -0.2) is 43.5 Å². The molecule has 2 rings (SSSR count). The number of rotatable bonds is 5. The van der Waals surface area contributed by atoms with Crippen LogP contribution >= 0.6 is 0 Å². The van der Waals surface area contributed by atoms with Crippen LogP contribution in [0.2, 0.25) is 0 Å². The van der Waals surface area contributed by atoms with Crippen LogP contribution < -0.4 is 10.6 Å². The number of carbonyl (C=O) groups is 1. The third-order valence-corrected chi connectivity index (χ3v) is 3.67. The van der Waals surface area contributed by atoms with Gasteiger partial charge in [-0.3, -0.25) is 0 Å². The average molecular weight is 278 g/mol. The summed E-state index contributed by atoms with van der Waals surface area (Å²) in [6, 6.07) is 7.87. The maximum Gasteiger partial charge on any atom is 0.314 e. The third kappa shape index (κ3) is 3.95. The zero-order valence-corrected chi connectivity index (χ0v) is 11.8. The van der Waals surface area contributed by atoms with E-state index < -0.39 is 5.60 Å². The molecule has 0 unspecified atom stereocenters. The van der Waals surface area contributed by atoms with Crippen molar-refractivity contribution in [2.75, 3.05) is 26.8 Å². The smallest absolute Gasteiger partial charge is 0.314 e. The fourth-order valence-corrected chi connectivity index (χ4v) is 2.51. The van der Waals surface area contributed by atoms with E-state index in [9.17, 15) is 9.90 Å². The monoisotopic (exact) mass is 278 g/mol. The highest BCUT2D eigenvalue weighted by Gasteiger charge is 2.32. The Hall–Kier alpha value is -1.59. The lowest BCUT2D eigenvalue weighted by atomic mass is 9.80. The quantitative estimate of drug-likeness (QED) is 0.699. The number of methoxy groups -OCH3 is 1. The van der Waals surface area contributed by atoms with E-state index in [4.69, 9.17) is 4.74 Å². The van der Waals surface area contributed by atoms with Crippen molar-refractivity contribution in [3.05, 3.63) is 35.4 Å². The van der Waals surface area contributed by atoms with E-state index in [2.05, 4.69) is 16.7 Å². The zero-order valence-electron chi connectivity index (χ0n) is 11.8. The molecule has 0 radical (unpaired) electrons. The molecule has 0 spiro atoms. The van der Waals surface area contributed by atoms with Crippen LogP contribution in [0, 0.1) is 0 Å². The van der Waals surface area contributed by atoms with Crippen molar-refractivity contribution < 1.29 is 14.6 Å². The minimum atomic E-state index is -0.854. The van der Waals surface area contributed by atoms with Gasteiger partial charge in [0.1, 0.15) is 0 Å². The maximum atomic E-state index is 11.6. The lowest BCUT2D eigenvalue weighted by Gasteiger charge is -2.33. The Labute approximate surface area is 119 Å². The number of carbonyl (C=O) groups excluding carboxylic acids is 1. The minimum Gasteiger partial charge on any atom is -0.388 e. The second kappa shape index (κ2) is 6.72. The molecule has 1 atom stereocenters. The van der Waals surface area contributed by atoms with Crippen LogP contribution in [-0.2, 0) is 17.6 Å². The summed E-state index contributed by atoms with van der Waals surface area (Å²) >= 11 is 0. The van der Waals surface area contributed by atoms with E-state index in [-0.39, 0.29) is 12.6 Å². The number of ether oxygens (including phenoxy) is 1. The summed E-state index contributed by atoms with van der Waals surface area (Å²) in [5.41, 5.74) is 1.61. The highest BCUT2D eigenvalue weighted by Crippen LogP contribution is 2.28. The Kier molecular flexibility index (Phi) is 4.98. The highest BCUT2D eigenvalue weighted by molar-refractivity contribution is 5.73. The van der Waals surface area contributed by atoms with Crippen molar-refractivity contribution >= 4 is 6.03 Å². The first-order valence-corrected chi connectivity index (χ1v) is 6.93. The summed E-state index contributed by atoms with van der Waals surface area (Å²) in [6.07, 6.45) is 2.10. The van der Waals surface area contributed by atoms with Crippen molar-refractivity contribution in [2.45, 2.75) is 24.9 Å². The topological polar surface area (TPSA) is 70.6 Å². The summed E-state index contributed by atoms with van der Waals surface area (Å²) in [7, 11) is 1.59. The zero-order chi connectivity index (χ0) is 14.4. The van der Waals surface area contributed by atoms with Crippen LogP contribution in [0.5, 0.6) is 0 Å². The Morgan fingerprint density at radius 1 is 1.35 bits per heavy atom. The number of hydrogen-bond acceptors (Lipinski definition) is 3. The van der Waals surface area contributed by atoms with E-state index in [1.54, 1.807) is 7.11 Å². The molecule has 0 heterocycles. The number of fused-ring (bicyclic) bond motifs is 1. The van der Waals surface area contributed by atoms with Gasteiger partial charge in [0.05, 0.1) is 12.2 Å². The molecule has 1 aromatic carbocycles. The molecule has 2 amide bonds. The Bertz CT molecular complexity index is 464. The molecule has 5 heteroatoms. The number of urea groups is 1. The molecule has 0 saturated heterocycles. The van der Waals surface area contributed by atoms with Gasteiger partial charge in [-0.2, -0.15) is 0 Å². The molecule has 1 aliphatic rings. The lowest BCUT2D eigenvalue weighted by molar-refractivity contribution is 0.0291. The van der Waals surface area contributed by atoms with Crippen LogP contribution in [0.25, 0.3) is 0 Å². The van der Waals surface area contributed by atoms with E-state index in [0.717, 1.165) is 6.42 Å². The summed E-state index contributed by atoms with van der Waals surface area (Å²) in [5, 5.41) is 16.0. The molecular weight excluding hydrogens is 256 g/mol. The first-order chi connectivity index (χ1) is 9.63. The molecule has 20 heavy (non-hydrogen) atoms. The van der Waals surface area contributed by atoms with Gasteiger partial charge in [-0.15, -0.1) is 0 Å². The van der Waals surface area contributed by atoms with Crippen molar-refractivity contribution in [3.63, 3.8) is 0 Å². The van der Waals surface area contributed by atoms with Crippen LogP contribution in [0.15, 0.2) is 24.3 Å². The van der Waals surface area contributed by atoms with Crippen molar-refractivity contribution in [1.82, 2.24) is 10.6 Å². The summed E-state index contributed by atoms with van der Waals surface area (Å²) in [5.74, 6) is 0. The largest absolute Gasteiger partial charge is 0.388 e. The molecule has 0 fully saturated rings. The summed E-state index contributed by atoms with van der Waals surface area (Å²) in [4.78, 5) is 11.6. The Balaban J connectivity index is 1.83. The normalized spacial score (nSPS) is 21.1. The molecule has 5 nitrogen and oxygen atoms in total. The maximum absolute atomic E-state index is 11.6. The van der Waals surface area contributed by atoms with Gasteiger partial charge in [-0.25, -0.2) is 4.79 Å². The molecule has 0 saturated carbocycles. The standard InChI is InChI=1S/C15H22N2O3/c1-20-9-8-16-14(18)17-11-15(19)7-6-12-4-2-3-5-13(12)10-15/h2-5,19H,6-11H2,1H3,(H2,16,17,18)/t15-/m1/s1. The molecule has 0 bridgehead atoms. The summed E-state index contributed by atoms with van der Waals surface area (Å²) in [6.45, 7) is 1.20. The van der Waals surface area contributed by atoms with Gasteiger partial charge in [-0.1, -0.05) is 24.3 Å². The van der Waals surface area contributed by atoms with Crippen molar-refractivity contribution in [1.29, 1.82) is 0 Å². The Morgan fingerprint density at radius 3 is 2.85 bits per heavy atom. The van der Waals surface area contributed by atoms with Gasteiger partial charge in [0.2, 0.25) is 0 Å². The third-order valence-electron chi connectivity index (χ3n) is 3.67. The second-order valence-electron chi connectivity index (χ2n) is 5.27. The Morgan fingerprint density at radius 2 is 2.10 bits per heavy atom. The van der Waals surface area contributed by atoms with Gasteiger partial charge in [-0.05, 0) is 24.0 Å². The van der Waals surface area contributed by atoms with Crippen LogP contribution in [0.1, 0.15) is 17.5 Å². The number of hydrogen-bond donors (Lipinski definition) is 3. The average Bonchev–Trinajstić information content (AvgIpc) is 2.45. The van der Waals surface area contributed by atoms with E-state index in [0.29, 0.717) is 26.0 Å². The first kappa shape index (κ1) is 14.8. The van der Waals surface area contributed by atoms with E-state index in [1.165, 1.54) is 11.1 Å².